The van der Waals surface area contributed by atoms with Gasteiger partial charge in [-0.25, -0.2) is 4.79 Å². The van der Waals surface area contributed by atoms with Crippen LogP contribution in [0.3, 0.4) is 0 Å². The van der Waals surface area contributed by atoms with E-state index in [1.165, 1.54) is 0 Å². The van der Waals surface area contributed by atoms with Gasteiger partial charge in [0.25, 0.3) is 0 Å². The van der Waals surface area contributed by atoms with Crippen molar-refractivity contribution in [1.82, 2.24) is 4.90 Å². The lowest BCUT2D eigenvalue weighted by Gasteiger charge is -2.09. The molecule has 0 saturated heterocycles. The Morgan fingerprint density at radius 1 is 1.35 bits per heavy atom. The summed E-state index contributed by atoms with van der Waals surface area (Å²) < 4.78 is 36.5. The molecule has 0 heterocycles. The quantitative estimate of drug-likeness (QED) is 0.432. The van der Waals surface area contributed by atoms with Crippen molar-refractivity contribution in [2.45, 2.75) is 13.8 Å². The van der Waals surface area contributed by atoms with Crippen molar-refractivity contribution in [3.63, 3.8) is 0 Å². The molecule has 0 aliphatic heterocycles. The molecule has 0 unspecified atom stereocenters. The zero-order chi connectivity index (χ0) is 14.1. The number of carbonyl (C=O) groups excluding carboxylic acids is 1. The summed E-state index contributed by atoms with van der Waals surface area (Å²) in [6.07, 6.45) is 1.75. The molecule has 0 rings (SSSR count). The molecule has 0 amide bonds. The zero-order valence-corrected chi connectivity index (χ0v) is 11.2. The molecule has 2 N–H and O–H groups in total. The molecule has 0 aliphatic carbocycles. The number of rotatable bonds is 4. The fraction of sp³-hybridized carbons (Fsp3) is 0.667. The van der Waals surface area contributed by atoms with E-state index >= 15 is 0 Å². The fourth-order valence-electron chi connectivity index (χ4n) is 0.553. The van der Waals surface area contributed by atoms with Crippen LogP contribution in [0.1, 0.15) is 13.8 Å². The van der Waals surface area contributed by atoms with Crippen molar-refractivity contribution < 1.29 is 27.1 Å². The number of nitrogens with zero attached hydrogens (tertiary/aromatic N) is 1. The number of allylic oxidation sites excluding steroid dienone is 1. The largest absolute Gasteiger partial charge is 0.461 e. The summed E-state index contributed by atoms with van der Waals surface area (Å²) >= 11 is 0. The van der Waals surface area contributed by atoms with Crippen molar-refractivity contribution in [2.24, 2.45) is 0 Å². The highest BCUT2D eigenvalue weighted by atomic mass is 32.3. The van der Waals surface area contributed by atoms with E-state index in [0.717, 1.165) is 6.54 Å². The Balaban J connectivity index is 0. The molecule has 102 valence electrons. The van der Waals surface area contributed by atoms with Gasteiger partial charge in [-0.05, 0) is 27.9 Å². The highest BCUT2D eigenvalue weighted by molar-refractivity contribution is 7.79. The van der Waals surface area contributed by atoms with Crippen LogP contribution in [0.2, 0.25) is 0 Å². The minimum atomic E-state index is -4.67. The third-order valence-corrected chi connectivity index (χ3v) is 1.53. The maximum absolute atomic E-state index is 11.0. The topological polar surface area (TPSA) is 104 Å². The molecule has 0 aliphatic rings. The van der Waals surface area contributed by atoms with Gasteiger partial charge < -0.3 is 9.64 Å². The van der Waals surface area contributed by atoms with E-state index in [1.54, 1.807) is 13.0 Å². The van der Waals surface area contributed by atoms with Gasteiger partial charge in [-0.15, -0.1) is 0 Å². The van der Waals surface area contributed by atoms with Crippen LogP contribution in [0.25, 0.3) is 0 Å². The van der Waals surface area contributed by atoms with Gasteiger partial charge in [0.15, 0.2) is 0 Å². The number of carbonyl (C=O) groups is 1. The molecule has 0 aromatic carbocycles. The Bertz CT molecular complexity index is 338. The standard InChI is InChI=1S/C9H17NO2.H2O4S/c1-5-8(2)9(11)12-7-6-10(3)4;1-5(2,3)4/h5H,6-7H2,1-4H3;(H2,1,2,3,4). The van der Waals surface area contributed by atoms with Crippen LogP contribution in [0, 0.1) is 0 Å². The molecule has 7 nitrogen and oxygen atoms in total. The molecular formula is C9H19NO6S. The molecule has 0 aromatic heterocycles. The third-order valence-electron chi connectivity index (χ3n) is 1.53. The first-order valence-electron chi connectivity index (χ1n) is 4.72. The minimum absolute atomic E-state index is 0.223. The molecule has 0 bridgehead atoms. The Labute approximate surface area is 102 Å². The van der Waals surface area contributed by atoms with Gasteiger partial charge in [0.2, 0.25) is 0 Å². The van der Waals surface area contributed by atoms with E-state index in [4.69, 9.17) is 22.3 Å². The number of esters is 1. The normalized spacial score (nSPS) is 11.8. The van der Waals surface area contributed by atoms with Crippen molar-refractivity contribution in [2.75, 3.05) is 27.2 Å². The van der Waals surface area contributed by atoms with E-state index in [9.17, 15) is 4.79 Å². The second kappa shape index (κ2) is 9.11. The summed E-state index contributed by atoms with van der Waals surface area (Å²) in [5.74, 6) is -0.223. The van der Waals surface area contributed by atoms with E-state index in [1.807, 2.05) is 25.9 Å². The Morgan fingerprint density at radius 2 is 1.76 bits per heavy atom. The van der Waals surface area contributed by atoms with Crippen LogP contribution in [0.15, 0.2) is 11.6 Å². The molecule has 17 heavy (non-hydrogen) atoms. The van der Waals surface area contributed by atoms with Crippen LogP contribution in [0.5, 0.6) is 0 Å². The molecular weight excluding hydrogens is 250 g/mol. The molecule has 0 radical (unpaired) electrons. The lowest BCUT2D eigenvalue weighted by molar-refractivity contribution is -0.139. The van der Waals surface area contributed by atoms with Crippen molar-refractivity contribution in [1.29, 1.82) is 0 Å². The van der Waals surface area contributed by atoms with E-state index in [-0.39, 0.29) is 5.97 Å². The van der Waals surface area contributed by atoms with Crippen LogP contribution in [-0.2, 0) is 19.9 Å². The summed E-state index contributed by atoms with van der Waals surface area (Å²) in [7, 11) is -0.785. The molecule has 0 saturated carbocycles. The highest BCUT2D eigenvalue weighted by Gasteiger charge is 2.03. The smallest absolute Gasteiger partial charge is 0.394 e. The lowest BCUT2D eigenvalue weighted by Crippen LogP contribution is -2.20. The van der Waals surface area contributed by atoms with Crippen molar-refractivity contribution in [3.8, 4) is 0 Å². The van der Waals surface area contributed by atoms with Crippen LogP contribution >= 0.6 is 0 Å². The summed E-state index contributed by atoms with van der Waals surface area (Å²) in [4.78, 5) is 13.0. The van der Waals surface area contributed by atoms with Gasteiger partial charge in [-0.2, -0.15) is 8.42 Å². The second-order valence-corrected chi connectivity index (χ2v) is 4.25. The van der Waals surface area contributed by atoms with Gasteiger partial charge in [-0.3, -0.25) is 9.11 Å². The average molecular weight is 269 g/mol. The van der Waals surface area contributed by atoms with E-state index in [0.29, 0.717) is 12.2 Å². The predicted octanol–water partition coefficient (Wildman–Crippen LogP) is 0.405. The highest BCUT2D eigenvalue weighted by Crippen LogP contribution is 1.95. The predicted molar refractivity (Wildman–Crippen MR) is 63.1 cm³/mol. The van der Waals surface area contributed by atoms with Crippen molar-refractivity contribution >= 4 is 16.4 Å². The lowest BCUT2D eigenvalue weighted by atomic mass is 10.3. The summed E-state index contributed by atoms with van der Waals surface area (Å²) in [6, 6.07) is 0. The summed E-state index contributed by atoms with van der Waals surface area (Å²) in [6.45, 7) is 4.79. The molecule has 0 spiro atoms. The number of hydrogen-bond acceptors (Lipinski definition) is 5. The minimum Gasteiger partial charge on any atom is -0.461 e. The molecule has 0 fully saturated rings. The molecule has 0 aromatic rings. The van der Waals surface area contributed by atoms with Gasteiger partial charge in [0, 0.05) is 12.1 Å². The number of ether oxygens (including phenoxy) is 1. The van der Waals surface area contributed by atoms with Gasteiger partial charge in [0.1, 0.15) is 6.61 Å². The Kier molecular flexibility index (Phi) is 9.86. The fourth-order valence-corrected chi connectivity index (χ4v) is 0.553. The van der Waals surface area contributed by atoms with Crippen LogP contribution in [0.4, 0.5) is 0 Å². The molecule has 0 atom stereocenters. The van der Waals surface area contributed by atoms with E-state index < -0.39 is 10.4 Å². The summed E-state index contributed by atoms with van der Waals surface area (Å²) in [5.41, 5.74) is 0.661. The van der Waals surface area contributed by atoms with E-state index in [2.05, 4.69) is 0 Å². The average Bonchev–Trinajstić information content (AvgIpc) is 2.13. The van der Waals surface area contributed by atoms with Gasteiger partial charge in [0.05, 0.1) is 0 Å². The first kappa shape index (κ1) is 18.4. The number of likely N-dealkylation sites (N-methyl/N-ethyl adjacent to an activating group) is 1. The van der Waals surface area contributed by atoms with Crippen molar-refractivity contribution in [3.05, 3.63) is 11.6 Å². The Morgan fingerprint density at radius 3 is 2.06 bits per heavy atom. The van der Waals surface area contributed by atoms with Crippen LogP contribution in [-0.4, -0.2) is 55.6 Å². The third kappa shape index (κ3) is 21.0. The zero-order valence-electron chi connectivity index (χ0n) is 10.4. The van der Waals surface area contributed by atoms with Gasteiger partial charge >= 0.3 is 16.4 Å². The second-order valence-electron chi connectivity index (χ2n) is 3.36. The Hall–Kier alpha value is -0.960. The molecule has 8 heteroatoms. The number of hydrogen-bond donors (Lipinski definition) is 2. The first-order valence-corrected chi connectivity index (χ1v) is 6.12. The first-order chi connectivity index (χ1) is 7.57. The maximum Gasteiger partial charge on any atom is 0.394 e. The van der Waals surface area contributed by atoms with Gasteiger partial charge in [-0.1, -0.05) is 6.08 Å². The monoisotopic (exact) mass is 269 g/mol. The SMILES string of the molecule is CC=C(C)C(=O)OCCN(C)C.O=S(=O)(O)O. The maximum atomic E-state index is 11.0. The summed E-state index contributed by atoms with van der Waals surface area (Å²) in [5, 5.41) is 0. The van der Waals surface area contributed by atoms with Crippen LogP contribution < -0.4 is 0 Å².